The lowest BCUT2D eigenvalue weighted by molar-refractivity contribution is 0.296. The van der Waals surface area contributed by atoms with E-state index in [4.69, 9.17) is 5.11 Å². The Morgan fingerprint density at radius 1 is 1.14 bits per heavy atom. The smallest absolute Gasteiger partial charge is 0.240 e. The van der Waals surface area contributed by atoms with Gasteiger partial charge < -0.3 is 5.11 Å². The SMILES string of the molecule is O=S(=O)(NCCSCCCO)c1ccc2c(c1)CCCC2. The summed E-state index contributed by atoms with van der Waals surface area (Å²) >= 11 is 1.65. The summed E-state index contributed by atoms with van der Waals surface area (Å²) in [5, 5.41) is 8.67. The van der Waals surface area contributed by atoms with Crippen LogP contribution in [0.4, 0.5) is 0 Å². The number of sulfonamides is 1. The van der Waals surface area contributed by atoms with Gasteiger partial charge in [-0.2, -0.15) is 11.8 Å². The Bertz CT molecular complexity index is 558. The Morgan fingerprint density at radius 3 is 2.67 bits per heavy atom. The standard InChI is InChI=1S/C15H23NO3S2/c17-9-3-10-20-11-8-16-21(18,19)15-7-6-13-4-1-2-5-14(13)12-15/h6-7,12,16-17H,1-5,8-11H2. The van der Waals surface area contributed by atoms with Crippen LogP contribution in [0, 0.1) is 0 Å². The number of hydrogen-bond donors (Lipinski definition) is 2. The highest BCUT2D eigenvalue weighted by atomic mass is 32.2. The van der Waals surface area contributed by atoms with E-state index < -0.39 is 10.0 Å². The molecular weight excluding hydrogens is 306 g/mol. The second-order valence-electron chi connectivity index (χ2n) is 5.22. The highest BCUT2D eigenvalue weighted by Crippen LogP contribution is 2.23. The summed E-state index contributed by atoms with van der Waals surface area (Å²) in [6.07, 6.45) is 5.14. The van der Waals surface area contributed by atoms with Crippen LogP contribution < -0.4 is 4.72 Å². The zero-order chi connectivity index (χ0) is 15.1. The molecule has 0 saturated heterocycles. The molecule has 1 aromatic carbocycles. The van der Waals surface area contributed by atoms with Gasteiger partial charge in [0, 0.05) is 18.9 Å². The van der Waals surface area contributed by atoms with Crippen LogP contribution >= 0.6 is 11.8 Å². The number of benzene rings is 1. The summed E-state index contributed by atoms with van der Waals surface area (Å²) in [5.74, 6) is 1.58. The number of fused-ring (bicyclic) bond motifs is 1. The van der Waals surface area contributed by atoms with Crippen LogP contribution in [0.3, 0.4) is 0 Å². The Balaban J connectivity index is 1.90. The molecule has 2 N–H and O–H groups in total. The summed E-state index contributed by atoms with van der Waals surface area (Å²) < 4.78 is 27.1. The van der Waals surface area contributed by atoms with Gasteiger partial charge in [0.2, 0.25) is 10.0 Å². The molecule has 1 aromatic rings. The van der Waals surface area contributed by atoms with Crippen LogP contribution in [0.15, 0.2) is 23.1 Å². The summed E-state index contributed by atoms with van der Waals surface area (Å²) in [4.78, 5) is 0.378. The van der Waals surface area contributed by atoms with Crippen molar-refractivity contribution in [3.8, 4) is 0 Å². The van der Waals surface area contributed by atoms with Crippen LogP contribution in [0.2, 0.25) is 0 Å². The summed E-state index contributed by atoms with van der Waals surface area (Å²) in [6.45, 7) is 0.614. The zero-order valence-electron chi connectivity index (χ0n) is 12.2. The van der Waals surface area contributed by atoms with Gasteiger partial charge in [-0.05, 0) is 61.1 Å². The van der Waals surface area contributed by atoms with E-state index in [9.17, 15) is 8.42 Å². The van der Waals surface area contributed by atoms with Crippen LogP contribution in [-0.2, 0) is 22.9 Å². The average Bonchev–Trinajstić information content (AvgIpc) is 2.50. The first-order valence-corrected chi connectivity index (χ1v) is 10.1. The first-order valence-electron chi connectivity index (χ1n) is 7.43. The molecule has 0 radical (unpaired) electrons. The number of nitrogens with one attached hydrogen (secondary N) is 1. The molecule has 21 heavy (non-hydrogen) atoms. The van der Waals surface area contributed by atoms with Crippen molar-refractivity contribution in [3.63, 3.8) is 0 Å². The van der Waals surface area contributed by atoms with Gasteiger partial charge in [0.25, 0.3) is 0 Å². The number of thioether (sulfide) groups is 1. The second kappa shape index (κ2) is 8.17. The van der Waals surface area contributed by atoms with Crippen LogP contribution in [0.5, 0.6) is 0 Å². The van der Waals surface area contributed by atoms with Gasteiger partial charge in [0.15, 0.2) is 0 Å². The summed E-state index contributed by atoms with van der Waals surface area (Å²) in [5.41, 5.74) is 2.47. The molecule has 6 heteroatoms. The minimum absolute atomic E-state index is 0.188. The Hall–Kier alpha value is -0.560. The van der Waals surface area contributed by atoms with Gasteiger partial charge in [0.05, 0.1) is 4.90 Å². The number of aliphatic hydroxyl groups excluding tert-OH is 1. The molecule has 0 aliphatic heterocycles. The van der Waals surface area contributed by atoms with E-state index in [-0.39, 0.29) is 6.61 Å². The molecule has 118 valence electrons. The van der Waals surface area contributed by atoms with Crippen LogP contribution in [-0.4, -0.2) is 38.2 Å². The van der Waals surface area contributed by atoms with Crippen molar-refractivity contribution >= 4 is 21.8 Å². The van der Waals surface area contributed by atoms with E-state index in [2.05, 4.69) is 4.72 Å². The molecule has 4 nitrogen and oxygen atoms in total. The lowest BCUT2D eigenvalue weighted by Crippen LogP contribution is -2.26. The summed E-state index contributed by atoms with van der Waals surface area (Å²) in [7, 11) is -3.40. The van der Waals surface area contributed by atoms with Crippen LogP contribution in [0.1, 0.15) is 30.4 Å². The van der Waals surface area contributed by atoms with Crippen molar-refractivity contribution in [2.75, 3.05) is 24.7 Å². The monoisotopic (exact) mass is 329 g/mol. The third kappa shape index (κ3) is 4.98. The summed E-state index contributed by atoms with van der Waals surface area (Å²) in [6, 6.07) is 5.50. The fourth-order valence-electron chi connectivity index (χ4n) is 2.48. The molecule has 0 unspecified atom stereocenters. The average molecular weight is 329 g/mol. The number of hydrogen-bond acceptors (Lipinski definition) is 4. The lowest BCUT2D eigenvalue weighted by atomic mass is 9.92. The molecule has 0 saturated carbocycles. The first kappa shape index (κ1) is 16.8. The lowest BCUT2D eigenvalue weighted by Gasteiger charge is -2.16. The van der Waals surface area contributed by atoms with Gasteiger partial charge >= 0.3 is 0 Å². The molecule has 0 bridgehead atoms. The Kier molecular flexibility index (Phi) is 6.54. The molecule has 2 rings (SSSR count). The van der Waals surface area contributed by atoms with E-state index in [1.807, 2.05) is 12.1 Å². The number of aryl methyl sites for hydroxylation is 2. The fourth-order valence-corrected chi connectivity index (χ4v) is 4.47. The molecule has 0 fully saturated rings. The largest absolute Gasteiger partial charge is 0.396 e. The van der Waals surface area contributed by atoms with Crippen molar-refractivity contribution in [2.45, 2.75) is 37.0 Å². The van der Waals surface area contributed by atoms with Crippen molar-refractivity contribution in [1.82, 2.24) is 4.72 Å². The molecule has 0 amide bonds. The van der Waals surface area contributed by atoms with Gasteiger partial charge in [0.1, 0.15) is 0 Å². The second-order valence-corrected chi connectivity index (χ2v) is 8.22. The third-order valence-electron chi connectivity index (χ3n) is 3.62. The highest BCUT2D eigenvalue weighted by molar-refractivity contribution is 7.99. The van der Waals surface area contributed by atoms with Crippen molar-refractivity contribution in [2.24, 2.45) is 0 Å². The van der Waals surface area contributed by atoms with Gasteiger partial charge in [-0.1, -0.05) is 6.07 Å². The molecule has 0 heterocycles. The maximum absolute atomic E-state index is 12.2. The normalized spacial score (nSPS) is 14.9. The van der Waals surface area contributed by atoms with E-state index in [1.54, 1.807) is 17.8 Å². The molecular formula is C15H23NO3S2. The van der Waals surface area contributed by atoms with Crippen molar-refractivity contribution in [1.29, 1.82) is 0 Å². The van der Waals surface area contributed by atoms with E-state index in [1.165, 1.54) is 17.5 Å². The maximum Gasteiger partial charge on any atom is 0.240 e. The topological polar surface area (TPSA) is 66.4 Å². The van der Waals surface area contributed by atoms with E-state index in [0.717, 1.165) is 37.2 Å². The molecule has 1 aliphatic rings. The maximum atomic E-state index is 12.2. The quantitative estimate of drug-likeness (QED) is 0.716. The first-order chi connectivity index (χ1) is 10.1. The predicted molar refractivity (Wildman–Crippen MR) is 87.3 cm³/mol. The fraction of sp³-hybridized carbons (Fsp3) is 0.600. The van der Waals surface area contributed by atoms with Gasteiger partial charge in [-0.25, -0.2) is 13.1 Å². The number of rotatable bonds is 8. The minimum Gasteiger partial charge on any atom is -0.396 e. The zero-order valence-corrected chi connectivity index (χ0v) is 13.8. The van der Waals surface area contributed by atoms with E-state index >= 15 is 0 Å². The predicted octanol–water partition coefficient (Wildman–Crippen LogP) is 1.96. The van der Waals surface area contributed by atoms with Crippen molar-refractivity contribution < 1.29 is 13.5 Å². The molecule has 0 aromatic heterocycles. The van der Waals surface area contributed by atoms with Gasteiger partial charge in [-0.15, -0.1) is 0 Å². The highest BCUT2D eigenvalue weighted by Gasteiger charge is 2.17. The minimum atomic E-state index is -3.40. The third-order valence-corrected chi connectivity index (χ3v) is 6.14. The van der Waals surface area contributed by atoms with E-state index in [0.29, 0.717) is 11.4 Å². The van der Waals surface area contributed by atoms with Crippen molar-refractivity contribution in [3.05, 3.63) is 29.3 Å². The molecule has 1 aliphatic carbocycles. The molecule has 0 spiro atoms. The van der Waals surface area contributed by atoms with Crippen LogP contribution in [0.25, 0.3) is 0 Å². The van der Waals surface area contributed by atoms with Gasteiger partial charge in [-0.3, -0.25) is 0 Å². The number of aliphatic hydroxyl groups is 1. The Morgan fingerprint density at radius 2 is 1.90 bits per heavy atom. The Labute approximate surface area is 131 Å². The molecule has 0 atom stereocenters.